The molecule has 0 spiro atoms. The zero-order valence-corrected chi connectivity index (χ0v) is 11.8. The molecule has 6 nitrogen and oxygen atoms in total. The molecule has 0 bridgehead atoms. The number of amides is 1. The average molecular weight is 287 g/mol. The molecule has 1 atom stereocenters. The minimum absolute atomic E-state index is 0.0204. The second-order valence-electron chi connectivity index (χ2n) is 5.31. The number of aliphatic hydroxyl groups excluding tert-OH is 1. The van der Waals surface area contributed by atoms with Gasteiger partial charge in [0, 0.05) is 43.7 Å². The van der Waals surface area contributed by atoms with Crippen molar-refractivity contribution in [3.05, 3.63) is 35.7 Å². The van der Waals surface area contributed by atoms with Gasteiger partial charge in [-0.1, -0.05) is 17.3 Å². The fourth-order valence-corrected chi connectivity index (χ4v) is 2.56. The number of rotatable bonds is 3. The predicted octanol–water partition coefficient (Wildman–Crippen LogP) is 1.50. The lowest BCUT2D eigenvalue weighted by atomic mass is 10.1. The van der Waals surface area contributed by atoms with Gasteiger partial charge in [-0.2, -0.15) is 4.98 Å². The van der Waals surface area contributed by atoms with Gasteiger partial charge in [0.05, 0.1) is 0 Å². The number of aromatic nitrogens is 2. The van der Waals surface area contributed by atoms with E-state index >= 15 is 0 Å². The van der Waals surface area contributed by atoms with Crippen LogP contribution in [-0.4, -0.2) is 45.8 Å². The van der Waals surface area contributed by atoms with Crippen LogP contribution in [0.25, 0.3) is 11.4 Å². The van der Waals surface area contributed by atoms with Crippen LogP contribution < -0.4 is 0 Å². The summed E-state index contributed by atoms with van der Waals surface area (Å²) in [5.41, 5.74) is 1.36. The van der Waals surface area contributed by atoms with Crippen molar-refractivity contribution in [2.45, 2.75) is 13.3 Å². The van der Waals surface area contributed by atoms with E-state index in [0.717, 1.165) is 12.0 Å². The van der Waals surface area contributed by atoms with Crippen LogP contribution >= 0.6 is 0 Å². The van der Waals surface area contributed by atoms with Crippen molar-refractivity contribution < 1.29 is 14.4 Å². The number of aliphatic hydroxyl groups is 1. The van der Waals surface area contributed by atoms with E-state index < -0.39 is 0 Å². The Kier molecular flexibility index (Phi) is 3.70. The maximum atomic E-state index is 12.5. The van der Waals surface area contributed by atoms with Gasteiger partial charge in [0.2, 0.25) is 11.7 Å². The Balaban J connectivity index is 1.81. The molecule has 3 rings (SSSR count). The molecule has 1 aromatic heterocycles. The van der Waals surface area contributed by atoms with Crippen LogP contribution in [0.5, 0.6) is 0 Å². The molecule has 1 aliphatic heterocycles. The van der Waals surface area contributed by atoms with E-state index in [0.29, 0.717) is 30.4 Å². The van der Waals surface area contributed by atoms with Gasteiger partial charge in [-0.05, 0) is 18.6 Å². The molecular weight excluding hydrogens is 270 g/mol. The highest BCUT2D eigenvalue weighted by atomic mass is 16.5. The van der Waals surface area contributed by atoms with E-state index in [-0.39, 0.29) is 18.4 Å². The zero-order chi connectivity index (χ0) is 14.8. The Labute approximate surface area is 122 Å². The van der Waals surface area contributed by atoms with Crippen molar-refractivity contribution in [2.24, 2.45) is 5.92 Å². The Bertz CT molecular complexity index is 653. The number of hydrogen-bond acceptors (Lipinski definition) is 5. The first-order chi connectivity index (χ1) is 10.2. The minimum Gasteiger partial charge on any atom is -0.396 e. The predicted molar refractivity (Wildman–Crippen MR) is 75.6 cm³/mol. The number of aryl methyl sites for hydroxylation is 1. The van der Waals surface area contributed by atoms with Crippen LogP contribution in [0, 0.1) is 12.8 Å². The molecule has 2 heterocycles. The van der Waals surface area contributed by atoms with Gasteiger partial charge in [-0.3, -0.25) is 4.79 Å². The third kappa shape index (κ3) is 2.80. The summed E-state index contributed by atoms with van der Waals surface area (Å²) in [4.78, 5) is 18.4. The van der Waals surface area contributed by atoms with Crippen molar-refractivity contribution in [3.63, 3.8) is 0 Å². The molecule has 1 N–H and O–H groups in total. The van der Waals surface area contributed by atoms with E-state index in [1.54, 1.807) is 24.0 Å². The maximum Gasteiger partial charge on any atom is 0.253 e. The molecular formula is C15H17N3O3. The van der Waals surface area contributed by atoms with Gasteiger partial charge in [-0.15, -0.1) is 0 Å². The second kappa shape index (κ2) is 5.65. The SMILES string of the molecule is Cc1nc(-c2cccc(C(=O)N3CCC(CO)C3)c2)no1. The molecule has 6 heteroatoms. The molecule has 0 saturated carbocycles. The zero-order valence-electron chi connectivity index (χ0n) is 11.8. The maximum absolute atomic E-state index is 12.5. The molecule has 2 aromatic rings. The van der Waals surface area contributed by atoms with Gasteiger partial charge in [0.1, 0.15) is 0 Å². The number of hydrogen-bond donors (Lipinski definition) is 1. The summed E-state index contributed by atoms with van der Waals surface area (Å²) in [5.74, 6) is 1.15. The molecule has 1 aliphatic rings. The van der Waals surface area contributed by atoms with Crippen molar-refractivity contribution >= 4 is 5.91 Å². The number of likely N-dealkylation sites (tertiary alicyclic amines) is 1. The first-order valence-corrected chi connectivity index (χ1v) is 6.98. The fourth-order valence-electron chi connectivity index (χ4n) is 2.56. The van der Waals surface area contributed by atoms with Crippen LogP contribution in [0.2, 0.25) is 0 Å². The summed E-state index contributed by atoms with van der Waals surface area (Å²) in [6.07, 6.45) is 0.853. The second-order valence-corrected chi connectivity index (χ2v) is 5.31. The summed E-state index contributed by atoms with van der Waals surface area (Å²) >= 11 is 0. The third-order valence-corrected chi connectivity index (χ3v) is 3.73. The highest BCUT2D eigenvalue weighted by Crippen LogP contribution is 2.21. The van der Waals surface area contributed by atoms with Gasteiger partial charge in [0.25, 0.3) is 5.91 Å². The molecule has 1 saturated heterocycles. The summed E-state index contributed by atoms with van der Waals surface area (Å²) < 4.78 is 4.96. The quantitative estimate of drug-likeness (QED) is 0.925. The van der Waals surface area contributed by atoms with E-state index in [2.05, 4.69) is 10.1 Å². The Hall–Kier alpha value is -2.21. The highest BCUT2D eigenvalue weighted by molar-refractivity contribution is 5.95. The van der Waals surface area contributed by atoms with Crippen LogP contribution in [0.4, 0.5) is 0 Å². The van der Waals surface area contributed by atoms with Crippen LogP contribution in [-0.2, 0) is 0 Å². The van der Waals surface area contributed by atoms with Crippen LogP contribution in [0.3, 0.4) is 0 Å². The lowest BCUT2D eigenvalue weighted by Crippen LogP contribution is -2.29. The standard InChI is InChI=1S/C15H17N3O3/c1-10-16-14(17-21-10)12-3-2-4-13(7-12)15(20)18-6-5-11(8-18)9-19/h2-4,7,11,19H,5-6,8-9H2,1H3. The topological polar surface area (TPSA) is 79.5 Å². The minimum atomic E-state index is -0.0204. The molecule has 1 unspecified atom stereocenters. The summed E-state index contributed by atoms with van der Waals surface area (Å²) in [7, 11) is 0. The summed E-state index contributed by atoms with van der Waals surface area (Å²) in [6, 6.07) is 7.22. The normalized spacial score (nSPS) is 18.2. The Morgan fingerprint density at radius 1 is 1.52 bits per heavy atom. The molecule has 21 heavy (non-hydrogen) atoms. The van der Waals surface area contributed by atoms with E-state index in [9.17, 15) is 4.79 Å². The van der Waals surface area contributed by atoms with E-state index in [4.69, 9.17) is 9.63 Å². The number of benzene rings is 1. The van der Waals surface area contributed by atoms with Crippen molar-refractivity contribution in [2.75, 3.05) is 19.7 Å². The third-order valence-electron chi connectivity index (χ3n) is 3.73. The fraction of sp³-hybridized carbons (Fsp3) is 0.400. The molecule has 110 valence electrons. The van der Waals surface area contributed by atoms with E-state index in [1.807, 2.05) is 12.1 Å². The number of carbonyl (C=O) groups is 1. The Morgan fingerprint density at radius 2 is 2.38 bits per heavy atom. The van der Waals surface area contributed by atoms with Gasteiger partial charge < -0.3 is 14.5 Å². The van der Waals surface area contributed by atoms with E-state index in [1.165, 1.54) is 0 Å². The molecule has 0 radical (unpaired) electrons. The van der Waals surface area contributed by atoms with Crippen molar-refractivity contribution in [1.82, 2.24) is 15.0 Å². The van der Waals surface area contributed by atoms with Gasteiger partial charge >= 0.3 is 0 Å². The van der Waals surface area contributed by atoms with Crippen molar-refractivity contribution in [1.29, 1.82) is 0 Å². The first kappa shape index (κ1) is 13.8. The molecule has 1 aromatic carbocycles. The van der Waals surface area contributed by atoms with Gasteiger partial charge in [-0.25, -0.2) is 0 Å². The summed E-state index contributed by atoms with van der Waals surface area (Å²) in [6.45, 7) is 3.16. The summed E-state index contributed by atoms with van der Waals surface area (Å²) in [5, 5.41) is 13.0. The van der Waals surface area contributed by atoms with Crippen LogP contribution in [0.15, 0.2) is 28.8 Å². The monoisotopic (exact) mass is 287 g/mol. The van der Waals surface area contributed by atoms with Crippen molar-refractivity contribution in [3.8, 4) is 11.4 Å². The first-order valence-electron chi connectivity index (χ1n) is 6.98. The lowest BCUT2D eigenvalue weighted by molar-refractivity contribution is 0.0782. The molecule has 1 fully saturated rings. The average Bonchev–Trinajstić information content (AvgIpc) is 3.15. The smallest absolute Gasteiger partial charge is 0.253 e. The van der Waals surface area contributed by atoms with Gasteiger partial charge in [0.15, 0.2) is 0 Å². The number of carbonyl (C=O) groups excluding carboxylic acids is 1. The highest BCUT2D eigenvalue weighted by Gasteiger charge is 2.26. The Morgan fingerprint density at radius 3 is 3.05 bits per heavy atom. The molecule has 1 amide bonds. The largest absolute Gasteiger partial charge is 0.396 e. The number of nitrogens with zero attached hydrogens (tertiary/aromatic N) is 3. The lowest BCUT2D eigenvalue weighted by Gasteiger charge is -2.16. The van der Waals surface area contributed by atoms with Crippen LogP contribution in [0.1, 0.15) is 22.7 Å². The molecule has 0 aliphatic carbocycles.